The summed E-state index contributed by atoms with van der Waals surface area (Å²) < 4.78 is 0. The number of nitrogens with one attached hydrogen (secondary N) is 1. The molecule has 0 fully saturated rings. The topological polar surface area (TPSA) is 29.1 Å². The zero-order valence-corrected chi connectivity index (χ0v) is 11.5. The van der Waals surface area contributed by atoms with Gasteiger partial charge in [-0.2, -0.15) is 0 Å². The Labute approximate surface area is 118 Å². The fourth-order valence-corrected chi connectivity index (χ4v) is 2.14. The number of hydrogen-bond donors (Lipinski definition) is 1. The molecule has 98 valence electrons. The highest BCUT2D eigenvalue weighted by Crippen LogP contribution is 2.22. The first-order valence-corrected chi connectivity index (χ1v) is 6.68. The van der Waals surface area contributed by atoms with E-state index in [9.17, 15) is 4.79 Å². The first kappa shape index (κ1) is 13.6. The minimum Gasteiger partial charge on any atom is -0.371 e. The summed E-state index contributed by atoms with van der Waals surface area (Å²) >= 11 is 5.70. The molecule has 1 atom stereocenters. The number of anilines is 1. The summed E-state index contributed by atoms with van der Waals surface area (Å²) in [5.41, 5.74) is 2.99. The van der Waals surface area contributed by atoms with Crippen molar-refractivity contribution in [3.8, 4) is 0 Å². The van der Waals surface area contributed by atoms with Crippen LogP contribution in [0.1, 0.15) is 24.1 Å². The van der Waals surface area contributed by atoms with Gasteiger partial charge in [-0.15, -0.1) is 0 Å². The molecule has 0 spiro atoms. The van der Waals surface area contributed by atoms with Crippen LogP contribution in [0.3, 0.4) is 0 Å². The highest BCUT2D eigenvalue weighted by Gasteiger charge is 2.18. The summed E-state index contributed by atoms with van der Waals surface area (Å²) in [4.78, 5) is 11.6. The molecule has 0 aliphatic rings. The molecule has 2 aromatic rings. The highest BCUT2D eigenvalue weighted by molar-refractivity contribution is 6.64. The van der Waals surface area contributed by atoms with Crippen LogP contribution in [0.15, 0.2) is 54.6 Å². The largest absolute Gasteiger partial charge is 0.371 e. The smallest absolute Gasteiger partial charge is 0.248 e. The van der Waals surface area contributed by atoms with Crippen LogP contribution in [0.2, 0.25) is 0 Å². The Kier molecular flexibility index (Phi) is 4.58. The first-order valence-electron chi connectivity index (χ1n) is 6.30. The van der Waals surface area contributed by atoms with Crippen LogP contribution < -0.4 is 5.32 Å². The number of carbonyl (C=O) groups excluding carboxylic acids is 1. The normalized spacial score (nSPS) is 11.9. The van der Waals surface area contributed by atoms with Crippen molar-refractivity contribution >= 4 is 22.5 Å². The van der Waals surface area contributed by atoms with Crippen LogP contribution in [-0.2, 0) is 11.2 Å². The van der Waals surface area contributed by atoms with Crippen LogP contribution in [0.4, 0.5) is 5.69 Å². The second kappa shape index (κ2) is 6.39. The van der Waals surface area contributed by atoms with Gasteiger partial charge in [-0.05, 0) is 41.3 Å². The summed E-state index contributed by atoms with van der Waals surface area (Å²) in [7, 11) is 0. The van der Waals surface area contributed by atoms with Gasteiger partial charge in [-0.1, -0.05) is 49.4 Å². The van der Waals surface area contributed by atoms with Gasteiger partial charge >= 0.3 is 0 Å². The van der Waals surface area contributed by atoms with Gasteiger partial charge in [-0.3, -0.25) is 4.79 Å². The van der Waals surface area contributed by atoms with Gasteiger partial charge in [0.05, 0.1) is 0 Å². The third kappa shape index (κ3) is 3.58. The number of hydrogen-bond acceptors (Lipinski definition) is 2. The van der Waals surface area contributed by atoms with Crippen LogP contribution in [0.25, 0.3) is 0 Å². The minimum absolute atomic E-state index is 0.409. The Morgan fingerprint density at radius 1 is 1.16 bits per heavy atom. The van der Waals surface area contributed by atoms with E-state index in [1.54, 1.807) is 0 Å². The van der Waals surface area contributed by atoms with Gasteiger partial charge in [0.1, 0.15) is 6.04 Å². The molecule has 0 bridgehead atoms. The van der Waals surface area contributed by atoms with E-state index in [0.717, 1.165) is 17.7 Å². The molecule has 0 amide bonds. The molecule has 19 heavy (non-hydrogen) atoms. The van der Waals surface area contributed by atoms with E-state index in [1.165, 1.54) is 5.56 Å². The predicted molar refractivity (Wildman–Crippen MR) is 79.5 cm³/mol. The molecule has 0 aliphatic carbocycles. The molecule has 2 nitrogen and oxygen atoms in total. The number of carbonyl (C=O) groups is 1. The van der Waals surface area contributed by atoms with Crippen LogP contribution in [0, 0.1) is 0 Å². The number of benzene rings is 2. The average Bonchev–Trinajstić information content (AvgIpc) is 2.45. The summed E-state index contributed by atoms with van der Waals surface area (Å²) in [6, 6.07) is 17.0. The number of aryl methyl sites for hydroxylation is 1. The lowest BCUT2D eigenvalue weighted by atomic mass is 10.1. The molecule has 0 radical (unpaired) electrons. The van der Waals surface area contributed by atoms with E-state index in [2.05, 4.69) is 18.3 Å². The molecular weight excluding hydrogens is 258 g/mol. The van der Waals surface area contributed by atoms with Crippen molar-refractivity contribution in [1.82, 2.24) is 0 Å². The van der Waals surface area contributed by atoms with Gasteiger partial charge in [0.2, 0.25) is 5.24 Å². The molecule has 0 saturated heterocycles. The van der Waals surface area contributed by atoms with Crippen molar-refractivity contribution in [2.24, 2.45) is 0 Å². The second-order valence-electron chi connectivity index (χ2n) is 4.35. The Bertz CT molecular complexity index is 554. The Hall–Kier alpha value is -1.80. The van der Waals surface area contributed by atoms with E-state index >= 15 is 0 Å². The van der Waals surface area contributed by atoms with Gasteiger partial charge in [0.25, 0.3) is 0 Å². The van der Waals surface area contributed by atoms with Gasteiger partial charge in [-0.25, -0.2) is 0 Å². The predicted octanol–water partition coefficient (Wildman–Crippen LogP) is 4.17. The van der Waals surface area contributed by atoms with Crippen molar-refractivity contribution in [2.75, 3.05) is 5.32 Å². The van der Waals surface area contributed by atoms with Gasteiger partial charge in [0, 0.05) is 5.69 Å². The molecule has 1 unspecified atom stereocenters. The van der Waals surface area contributed by atoms with E-state index in [1.807, 2.05) is 48.5 Å². The standard InChI is InChI=1S/C16H16ClNO/c1-2-12-7-6-10-14(11-12)18-15(16(17)19)13-8-4-3-5-9-13/h3-11,15,18H,2H2,1H3. The van der Waals surface area contributed by atoms with E-state index < -0.39 is 11.3 Å². The molecular formula is C16H16ClNO. The fraction of sp³-hybridized carbons (Fsp3) is 0.188. The van der Waals surface area contributed by atoms with Crippen LogP contribution >= 0.6 is 11.6 Å². The second-order valence-corrected chi connectivity index (χ2v) is 4.72. The SMILES string of the molecule is CCc1cccc(NC(C(=O)Cl)c2ccccc2)c1. The molecule has 0 heterocycles. The Balaban J connectivity index is 2.24. The third-order valence-electron chi connectivity index (χ3n) is 3.01. The van der Waals surface area contributed by atoms with Crippen LogP contribution in [-0.4, -0.2) is 5.24 Å². The lowest BCUT2D eigenvalue weighted by molar-refractivity contribution is -0.112. The van der Waals surface area contributed by atoms with E-state index in [-0.39, 0.29) is 0 Å². The summed E-state index contributed by atoms with van der Waals surface area (Å²) in [5.74, 6) is 0. The average molecular weight is 274 g/mol. The van der Waals surface area contributed by atoms with E-state index in [4.69, 9.17) is 11.6 Å². The molecule has 0 saturated carbocycles. The van der Waals surface area contributed by atoms with E-state index in [0.29, 0.717) is 0 Å². The maximum absolute atomic E-state index is 11.6. The molecule has 0 aliphatic heterocycles. The van der Waals surface area contributed by atoms with Crippen molar-refractivity contribution in [2.45, 2.75) is 19.4 Å². The number of rotatable bonds is 5. The molecule has 2 aromatic carbocycles. The number of halogens is 1. The monoisotopic (exact) mass is 273 g/mol. The lowest BCUT2D eigenvalue weighted by Crippen LogP contribution is -2.16. The zero-order chi connectivity index (χ0) is 13.7. The van der Waals surface area contributed by atoms with Crippen LogP contribution in [0.5, 0.6) is 0 Å². The van der Waals surface area contributed by atoms with Crippen molar-refractivity contribution in [3.63, 3.8) is 0 Å². The maximum atomic E-state index is 11.6. The van der Waals surface area contributed by atoms with Crippen molar-refractivity contribution in [3.05, 3.63) is 65.7 Å². The molecule has 3 heteroatoms. The fourth-order valence-electron chi connectivity index (χ4n) is 1.96. The van der Waals surface area contributed by atoms with Crippen molar-refractivity contribution < 1.29 is 4.79 Å². The van der Waals surface area contributed by atoms with Gasteiger partial charge in [0.15, 0.2) is 0 Å². The Morgan fingerprint density at radius 2 is 1.89 bits per heavy atom. The summed E-state index contributed by atoms with van der Waals surface area (Å²) in [6.07, 6.45) is 0.959. The quantitative estimate of drug-likeness (QED) is 0.829. The first-order chi connectivity index (χ1) is 9.20. The zero-order valence-electron chi connectivity index (χ0n) is 10.8. The third-order valence-corrected chi connectivity index (χ3v) is 3.22. The Morgan fingerprint density at radius 3 is 2.53 bits per heavy atom. The highest BCUT2D eigenvalue weighted by atomic mass is 35.5. The summed E-state index contributed by atoms with van der Waals surface area (Å²) in [6.45, 7) is 2.10. The van der Waals surface area contributed by atoms with Crippen molar-refractivity contribution in [1.29, 1.82) is 0 Å². The minimum atomic E-state index is -0.519. The van der Waals surface area contributed by atoms with Gasteiger partial charge < -0.3 is 5.32 Å². The molecule has 1 N–H and O–H groups in total. The lowest BCUT2D eigenvalue weighted by Gasteiger charge is -2.17. The maximum Gasteiger partial charge on any atom is 0.248 e. The molecule has 2 rings (SSSR count). The molecule has 0 aromatic heterocycles. The summed E-state index contributed by atoms with van der Waals surface area (Å²) in [5, 5.41) is 2.78.